The van der Waals surface area contributed by atoms with Gasteiger partial charge in [0.25, 0.3) is 5.91 Å². The highest BCUT2D eigenvalue weighted by molar-refractivity contribution is 7.13. The number of carbonyl (C=O) groups is 1. The number of hydrogen-bond donors (Lipinski definition) is 1. The second-order valence-corrected chi connectivity index (χ2v) is 7.00. The van der Waals surface area contributed by atoms with Crippen molar-refractivity contribution < 1.29 is 18.1 Å². The normalized spacial score (nSPS) is 11.1. The summed E-state index contributed by atoms with van der Waals surface area (Å²) in [6, 6.07) is 7.04. The maximum absolute atomic E-state index is 13.6. The minimum Gasteiger partial charge on any atom is -0.366 e. The predicted molar refractivity (Wildman–Crippen MR) is 99.8 cm³/mol. The highest BCUT2D eigenvalue weighted by atomic mass is 32.1. The van der Waals surface area contributed by atoms with Gasteiger partial charge in [-0.2, -0.15) is 0 Å². The smallest absolute Gasteiger partial charge is 0.250 e. The molecule has 0 spiro atoms. The third kappa shape index (κ3) is 3.20. The lowest BCUT2D eigenvalue weighted by molar-refractivity contribution is 0.0999. The molecule has 0 atom stereocenters. The quantitative estimate of drug-likeness (QED) is 0.549. The molecule has 1 amide bonds. The van der Waals surface area contributed by atoms with Gasteiger partial charge >= 0.3 is 0 Å². The maximum atomic E-state index is 13.6. The Morgan fingerprint density at radius 3 is 2.75 bits per heavy atom. The zero-order valence-corrected chi connectivity index (χ0v) is 15.5. The minimum absolute atomic E-state index is 0.223. The number of thiazole rings is 1. The van der Waals surface area contributed by atoms with Crippen LogP contribution >= 0.6 is 11.3 Å². The molecule has 3 aromatic heterocycles. The zero-order chi connectivity index (χ0) is 19.8. The summed E-state index contributed by atoms with van der Waals surface area (Å²) < 4.78 is 33.8. The number of primary amides is 1. The van der Waals surface area contributed by atoms with Gasteiger partial charge in [-0.3, -0.25) is 4.79 Å². The predicted octanol–water partition coefficient (Wildman–Crippen LogP) is 4.00. The Morgan fingerprint density at radius 1 is 1.25 bits per heavy atom. The molecular formula is C19H14F2N4O2S. The van der Waals surface area contributed by atoms with Gasteiger partial charge in [0.1, 0.15) is 0 Å². The Labute approximate surface area is 162 Å². The topological polar surface area (TPSA) is 86.9 Å². The molecule has 0 aliphatic heterocycles. The van der Waals surface area contributed by atoms with Crippen LogP contribution in [-0.2, 0) is 6.54 Å². The first kappa shape index (κ1) is 18.1. The number of benzene rings is 1. The van der Waals surface area contributed by atoms with Gasteiger partial charge in [0, 0.05) is 23.7 Å². The third-order valence-corrected chi connectivity index (χ3v) is 5.23. The maximum Gasteiger partial charge on any atom is 0.250 e. The van der Waals surface area contributed by atoms with Crippen molar-refractivity contribution in [3.8, 4) is 22.2 Å². The molecule has 0 bridgehead atoms. The molecule has 28 heavy (non-hydrogen) atoms. The van der Waals surface area contributed by atoms with Crippen LogP contribution in [0.4, 0.5) is 8.78 Å². The summed E-state index contributed by atoms with van der Waals surface area (Å²) in [7, 11) is 0. The van der Waals surface area contributed by atoms with Crippen molar-refractivity contribution in [2.75, 3.05) is 0 Å². The first-order chi connectivity index (χ1) is 13.4. The highest BCUT2D eigenvalue weighted by Gasteiger charge is 2.20. The Balaban J connectivity index is 1.79. The summed E-state index contributed by atoms with van der Waals surface area (Å²) in [6.07, 6.45) is 1.53. The van der Waals surface area contributed by atoms with Crippen LogP contribution in [0, 0.1) is 18.6 Å². The second-order valence-electron chi connectivity index (χ2n) is 6.14. The number of nitrogens with two attached hydrogens (primary N) is 1. The van der Waals surface area contributed by atoms with Crippen LogP contribution in [0.3, 0.4) is 0 Å². The standard InChI is InChI=1S/C19H14F2N4O2S/c1-10-12(18(22)26)7-16(15-9-28-19(24-15)17-4-5-23-27-17)25(10)8-11-2-3-13(20)14(21)6-11/h2-7,9H,8H2,1H3,(H2,22,26). The van der Waals surface area contributed by atoms with Gasteiger partial charge in [-0.05, 0) is 30.7 Å². The molecule has 4 aromatic rings. The first-order valence-corrected chi connectivity index (χ1v) is 9.13. The van der Waals surface area contributed by atoms with Crippen molar-refractivity contribution in [3.05, 3.63) is 70.4 Å². The van der Waals surface area contributed by atoms with Crippen LogP contribution in [0.5, 0.6) is 0 Å². The van der Waals surface area contributed by atoms with E-state index < -0.39 is 17.5 Å². The lowest BCUT2D eigenvalue weighted by atomic mass is 10.2. The van der Waals surface area contributed by atoms with Gasteiger partial charge < -0.3 is 14.8 Å². The van der Waals surface area contributed by atoms with Crippen LogP contribution in [0.2, 0.25) is 0 Å². The summed E-state index contributed by atoms with van der Waals surface area (Å²) in [5, 5.41) is 6.12. The monoisotopic (exact) mass is 400 g/mol. The Hall–Kier alpha value is -3.33. The molecule has 0 unspecified atom stereocenters. The van der Waals surface area contributed by atoms with Crippen molar-refractivity contribution in [1.29, 1.82) is 0 Å². The fourth-order valence-corrected chi connectivity index (χ4v) is 3.73. The summed E-state index contributed by atoms with van der Waals surface area (Å²) in [5.74, 6) is -1.89. The molecule has 0 saturated carbocycles. The van der Waals surface area contributed by atoms with Gasteiger partial charge in [0.05, 0.1) is 23.1 Å². The lowest BCUT2D eigenvalue weighted by Gasteiger charge is -2.11. The summed E-state index contributed by atoms with van der Waals surface area (Å²) in [4.78, 5) is 16.4. The van der Waals surface area contributed by atoms with Crippen LogP contribution in [0.25, 0.3) is 22.2 Å². The molecule has 9 heteroatoms. The number of rotatable bonds is 5. The average Bonchev–Trinajstić information content (AvgIpc) is 3.39. The van der Waals surface area contributed by atoms with Gasteiger partial charge in [0.15, 0.2) is 22.4 Å². The molecule has 0 saturated heterocycles. The number of nitrogens with zero attached hydrogens (tertiary/aromatic N) is 3. The Kier molecular flexibility index (Phi) is 4.52. The summed E-state index contributed by atoms with van der Waals surface area (Å²) in [5.41, 5.74) is 8.23. The molecular weight excluding hydrogens is 386 g/mol. The van der Waals surface area contributed by atoms with Gasteiger partial charge in [-0.15, -0.1) is 11.3 Å². The number of amides is 1. The van der Waals surface area contributed by atoms with Crippen LogP contribution < -0.4 is 5.73 Å². The van der Waals surface area contributed by atoms with Crippen molar-refractivity contribution in [2.45, 2.75) is 13.5 Å². The van der Waals surface area contributed by atoms with E-state index >= 15 is 0 Å². The first-order valence-electron chi connectivity index (χ1n) is 8.25. The highest BCUT2D eigenvalue weighted by Crippen LogP contribution is 2.31. The molecule has 4 rings (SSSR count). The van der Waals surface area contributed by atoms with E-state index in [1.54, 1.807) is 23.6 Å². The van der Waals surface area contributed by atoms with E-state index in [1.807, 2.05) is 5.38 Å². The van der Waals surface area contributed by atoms with Crippen molar-refractivity contribution in [1.82, 2.24) is 14.7 Å². The SMILES string of the molecule is Cc1c(C(N)=O)cc(-c2csc(-c3ccno3)n2)n1Cc1ccc(F)c(F)c1. The van der Waals surface area contributed by atoms with Gasteiger partial charge in [0.2, 0.25) is 0 Å². The Bertz CT molecular complexity index is 1170. The Morgan fingerprint density at radius 2 is 2.07 bits per heavy atom. The summed E-state index contributed by atoms with van der Waals surface area (Å²) >= 11 is 1.36. The number of halogens is 2. The van der Waals surface area contributed by atoms with E-state index in [0.717, 1.165) is 12.1 Å². The average molecular weight is 400 g/mol. The molecule has 0 fully saturated rings. The molecule has 3 heterocycles. The van der Waals surface area contributed by atoms with E-state index in [0.29, 0.717) is 39.0 Å². The van der Waals surface area contributed by atoms with Crippen LogP contribution in [0.1, 0.15) is 21.6 Å². The van der Waals surface area contributed by atoms with Crippen LogP contribution in [-0.4, -0.2) is 20.6 Å². The number of hydrogen-bond acceptors (Lipinski definition) is 5. The fourth-order valence-electron chi connectivity index (χ4n) is 2.96. The molecule has 0 aliphatic carbocycles. The van der Waals surface area contributed by atoms with Gasteiger partial charge in [-0.1, -0.05) is 11.2 Å². The number of aromatic nitrogens is 3. The van der Waals surface area contributed by atoms with E-state index in [-0.39, 0.29) is 6.54 Å². The molecule has 2 N–H and O–H groups in total. The van der Waals surface area contributed by atoms with Gasteiger partial charge in [-0.25, -0.2) is 13.8 Å². The molecule has 1 aromatic carbocycles. The molecule has 6 nitrogen and oxygen atoms in total. The van der Waals surface area contributed by atoms with Crippen molar-refractivity contribution in [2.24, 2.45) is 5.73 Å². The molecule has 142 valence electrons. The largest absolute Gasteiger partial charge is 0.366 e. The number of carbonyl (C=O) groups excluding carboxylic acids is 1. The third-order valence-electron chi connectivity index (χ3n) is 4.37. The van der Waals surface area contributed by atoms with E-state index in [1.165, 1.54) is 23.6 Å². The zero-order valence-electron chi connectivity index (χ0n) is 14.6. The fraction of sp³-hybridized carbons (Fsp3) is 0.105. The van der Waals surface area contributed by atoms with Crippen molar-refractivity contribution in [3.63, 3.8) is 0 Å². The summed E-state index contributed by atoms with van der Waals surface area (Å²) in [6.45, 7) is 1.97. The van der Waals surface area contributed by atoms with E-state index in [2.05, 4.69) is 10.1 Å². The van der Waals surface area contributed by atoms with Crippen molar-refractivity contribution >= 4 is 17.2 Å². The van der Waals surface area contributed by atoms with Crippen LogP contribution in [0.15, 0.2) is 46.4 Å². The van der Waals surface area contributed by atoms with E-state index in [4.69, 9.17) is 10.3 Å². The lowest BCUT2D eigenvalue weighted by Crippen LogP contribution is -2.13. The molecule has 0 aliphatic rings. The minimum atomic E-state index is -0.930. The van der Waals surface area contributed by atoms with E-state index in [9.17, 15) is 13.6 Å². The second kappa shape index (κ2) is 7.01. The molecule has 0 radical (unpaired) electrons.